The smallest absolute Gasteiger partial charge is 0.407 e. The van der Waals surface area contributed by atoms with Crippen LogP contribution < -0.4 is 5.32 Å². The number of likely N-dealkylation sites (tertiary alicyclic amines) is 1. The highest BCUT2D eigenvalue weighted by Crippen LogP contribution is 2.44. The Hall–Kier alpha value is -3.39. The van der Waals surface area contributed by atoms with Gasteiger partial charge in [0.2, 0.25) is 0 Å². The van der Waals surface area contributed by atoms with Crippen molar-refractivity contribution in [2.75, 3.05) is 26.3 Å². The van der Waals surface area contributed by atoms with E-state index in [9.17, 15) is 14.4 Å². The highest BCUT2D eigenvalue weighted by Gasteiger charge is 2.41. The van der Waals surface area contributed by atoms with E-state index in [2.05, 4.69) is 29.6 Å². The highest BCUT2D eigenvalue weighted by atomic mass is 16.5. The summed E-state index contributed by atoms with van der Waals surface area (Å²) in [5.41, 5.74) is 4.64. The Kier molecular flexibility index (Phi) is 6.72. The number of benzene rings is 2. The molecule has 2 aliphatic heterocycles. The van der Waals surface area contributed by atoms with E-state index in [1.807, 2.05) is 24.3 Å². The Labute approximate surface area is 204 Å². The Balaban J connectivity index is 1.16. The van der Waals surface area contributed by atoms with E-state index in [4.69, 9.17) is 14.6 Å². The molecule has 0 unspecified atom stereocenters. The maximum absolute atomic E-state index is 13.1. The standard InChI is InChI=1S/C27H30N2O6/c30-24(31)14-18-6-5-12-29(18)26(32)25-17(11-13-34-25)15-28-27(33)35-16-23-21-9-3-1-7-19(21)20-8-2-4-10-22(20)23/h1-4,7-10,17-18,23,25H,5-6,11-16H2,(H,28,33)(H,30,31)/t17-,18+,25-/m0/s1. The SMILES string of the molecule is O=C(O)C[C@H]1CCCN1C(=O)[C@H]1OCC[C@H]1CNC(=O)OCC1c2ccccc2-c2ccccc21. The zero-order chi connectivity index (χ0) is 24.4. The van der Waals surface area contributed by atoms with E-state index in [1.54, 1.807) is 4.90 Å². The van der Waals surface area contributed by atoms with Crippen LogP contribution in [0.5, 0.6) is 0 Å². The van der Waals surface area contributed by atoms with Crippen LogP contribution in [0.2, 0.25) is 0 Å². The molecule has 5 rings (SSSR count). The molecule has 0 radical (unpaired) electrons. The molecule has 2 fully saturated rings. The van der Waals surface area contributed by atoms with Gasteiger partial charge in [0.25, 0.3) is 5.91 Å². The lowest BCUT2D eigenvalue weighted by Gasteiger charge is -2.28. The summed E-state index contributed by atoms with van der Waals surface area (Å²) >= 11 is 0. The molecule has 0 spiro atoms. The third-order valence-corrected chi connectivity index (χ3v) is 7.38. The second-order valence-electron chi connectivity index (χ2n) is 9.47. The topological polar surface area (TPSA) is 105 Å². The number of carbonyl (C=O) groups is 3. The number of hydrogen-bond donors (Lipinski definition) is 2. The summed E-state index contributed by atoms with van der Waals surface area (Å²) in [4.78, 5) is 38.4. The average Bonchev–Trinajstić information content (AvgIpc) is 3.58. The Bertz CT molecular complexity index is 1070. The summed E-state index contributed by atoms with van der Waals surface area (Å²) in [5, 5.41) is 12.0. The van der Waals surface area contributed by atoms with Gasteiger partial charge in [-0.1, -0.05) is 48.5 Å². The number of hydrogen-bond acceptors (Lipinski definition) is 5. The molecule has 3 aliphatic rings. The lowest BCUT2D eigenvalue weighted by atomic mass is 9.98. The lowest BCUT2D eigenvalue weighted by molar-refractivity contribution is -0.145. The molecule has 0 bridgehead atoms. The van der Waals surface area contributed by atoms with Gasteiger partial charge in [0.05, 0.1) is 6.42 Å². The molecule has 184 valence electrons. The predicted molar refractivity (Wildman–Crippen MR) is 128 cm³/mol. The Morgan fingerprint density at radius 2 is 1.71 bits per heavy atom. The fraction of sp³-hybridized carbons (Fsp3) is 0.444. The van der Waals surface area contributed by atoms with Crippen molar-refractivity contribution >= 4 is 18.0 Å². The molecule has 35 heavy (non-hydrogen) atoms. The van der Waals surface area contributed by atoms with Gasteiger partial charge in [-0.25, -0.2) is 4.79 Å². The van der Waals surface area contributed by atoms with Gasteiger partial charge in [0.1, 0.15) is 12.7 Å². The minimum atomic E-state index is -0.907. The second kappa shape index (κ2) is 10.1. The van der Waals surface area contributed by atoms with Crippen molar-refractivity contribution in [3.63, 3.8) is 0 Å². The lowest BCUT2D eigenvalue weighted by Crippen LogP contribution is -2.46. The van der Waals surface area contributed by atoms with Crippen LogP contribution in [0.4, 0.5) is 4.79 Å². The number of ether oxygens (including phenoxy) is 2. The number of aliphatic carboxylic acids is 1. The molecule has 0 aromatic heterocycles. The summed E-state index contributed by atoms with van der Waals surface area (Å²) in [6.07, 6.45) is 0.888. The third-order valence-electron chi connectivity index (χ3n) is 7.38. The van der Waals surface area contributed by atoms with Gasteiger partial charge in [0.15, 0.2) is 0 Å². The van der Waals surface area contributed by atoms with E-state index in [1.165, 1.54) is 11.1 Å². The van der Waals surface area contributed by atoms with Crippen molar-refractivity contribution in [1.29, 1.82) is 0 Å². The first-order valence-corrected chi connectivity index (χ1v) is 12.3. The summed E-state index contributed by atoms with van der Waals surface area (Å²) in [6, 6.07) is 16.1. The van der Waals surface area contributed by atoms with Gasteiger partial charge >= 0.3 is 12.1 Å². The van der Waals surface area contributed by atoms with Crippen LogP contribution in [0, 0.1) is 5.92 Å². The van der Waals surface area contributed by atoms with Crippen LogP contribution in [0.15, 0.2) is 48.5 Å². The number of nitrogens with one attached hydrogen (secondary N) is 1. The Morgan fingerprint density at radius 3 is 2.40 bits per heavy atom. The van der Waals surface area contributed by atoms with Gasteiger partial charge in [-0.15, -0.1) is 0 Å². The molecule has 1 aliphatic carbocycles. The van der Waals surface area contributed by atoms with Crippen molar-refractivity contribution in [1.82, 2.24) is 10.2 Å². The fourth-order valence-electron chi connectivity index (χ4n) is 5.68. The van der Waals surface area contributed by atoms with Crippen LogP contribution in [0.25, 0.3) is 11.1 Å². The van der Waals surface area contributed by atoms with Crippen molar-refractivity contribution < 1.29 is 29.0 Å². The largest absolute Gasteiger partial charge is 0.481 e. The number of amides is 2. The van der Waals surface area contributed by atoms with Crippen LogP contribution in [0.1, 0.15) is 42.7 Å². The maximum atomic E-state index is 13.1. The van der Waals surface area contributed by atoms with Gasteiger partial charge in [0, 0.05) is 37.6 Å². The summed E-state index contributed by atoms with van der Waals surface area (Å²) < 4.78 is 11.3. The zero-order valence-electron chi connectivity index (χ0n) is 19.5. The Morgan fingerprint density at radius 1 is 1.03 bits per heavy atom. The van der Waals surface area contributed by atoms with Gasteiger partial charge < -0.3 is 24.8 Å². The predicted octanol–water partition coefficient (Wildman–Crippen LogP) is 3.40. The maximum Gasteiger partial charge on any atom is 0.407 e. The van der Waals surface area contributed by atoms with E-state index in [0.717, 1.165) is 17.5 Å². The van der Waals surface area contributed by atoms with E-state index < -0.39 is 18.2 Å². The van der Waals surface area contributed by atoms with Crippen LogP contribution >= 0.6 is 0 Å². The number of nitrogens with zero attached hydrogens (tertiary/aromatic N) is 1. The van der Waals surface area contributed by atoms with Crippen LogP contribution in [-0.4, -0.2) is 66.4 Å². The molecule has 3 atom stereocenters. The molecule has 2 heterocycles. The number of alkyl carbamates (subject to hydrolysis) is 1. The quantitative estimate of drug-likeness (QED) is 0.632. The molecular formula is C27H30N2O6. The zero-order valence-corrected chi connectivity index (χ0v) is 19.5. The van der Waals surface area contributed by atoms with Crippen LogP contribution in [-0.2, 0) is 19.1 Å². The molecular weight excluding hydrogens is 448 g/mol. The van der Waals surface area contributed by atoms with Crippen molar-refractivity contribution in [2.24, 2.45) is 5.92 Å². The summed E-state index contributed by atoms with van der Waals surface area (Å²) in [7, 11) is 0. The van der Waals surface area contributed by atoms with Crippen molar-refractivity contribution in [3.8, 4) is 11.1 Å². The van der Waals surface area contributed by atoms with Gasteiger partial charge in [-0.2, -0.15) is 0 Å². The molecule has 2 saturated heterocycles. The molecule has 2 aromatic rings. The second-order valence-corrected chi connectivity index (χ2v) is 9.47. The third kappa shape index (κ3) is 4.75. The molecule has 2 aromatic carbocycles. The molecule has 8 heteroatoms. The van der Waals surface area contributed by atoms with E-state index in [-0.39, 0.29) is 43.4 Å². The number of fused-ring (bicyclic) bond motifs is 3. The first-order chi connectivity index (χ1) is 17.0. The molecule has 8 nitrogen and oxygen atoms in total. The number of carboxylic acids is 1. The molecule has 2 amide bonds. The number of rotatable bonds is 7. The number of carboxylic acid groups (broad SMARTS) is 1. The van der Waals surface area contributed by atoms with Crippen molar-refractivity contribution in [3.05, 3.63) is 59.7 Å². The molecule has 2 N–H and O–H groups in total. The summed E-state index contributed by atoms with van der Waals surface area (Å²) in [5.74, 6) is -1.27. The summed E-state index contributed by atoms with van der Waals surface area (Å²) in [6.45, 7) is 1.48. The number of carbonyl (C=O) groups excluding carboxylic acids is 2. The minimum absolute atomic E-state index is 0.0152. The van der Waals surface area contributed by atoms with Gasteiger partial charge in [-0.3, -0.25) is 9.59 Å². The fourth-order valence-corrected chi connectivity index (χ4v) is 5.68. The highest BCUT2D eigenvalue weighted by molar-refractivity contribution is 5.83. The van der Waals surface area contributed by atoms with Crippen LogP contribution in [0.3, 0.4) is 0 Å². The molecule has 0 saturated carbocycles. The van der Waals surface area contributed by atoms with E-state index >= 15 is 0 Å². The van der Waals surface area contributed by atoms with Crippen molar-refractivity contribution in [2.45, 2.75) is 43.7 Å². The van der Waals surface area contributed by atoms with Gasteiger partial charge in [-0.05, 0) is 41.5 Å². The monoisotopic (exact) mass is 478 g/mol. The normalized spacial score (nSPS) is 23.1. The first-order valence-electron chi connectivity index (χ1n) is 12.3. The average molecular weight is 479 g/mol. The van der Waals surface area contributed by atoms with E-state index in [0.29, 0.717) is 26.0 Å². The minimum Gasteiger partial charge on any atom is -0.481 e. The first kappa shape index (κ1) is 23.4.